The van der Waals surface area contributed by atoms with Gasteiger partial charge in [0, 0.05) is 15.8 Å². The molecule has 0 amide bonds. The van der Waals surface area contributed by atoms with E-state index in [0.29, 0.717) is 32.5 Å². The van der Waals surface area contributed by atoms with E-state index in [2.05, 4.69) is 10.2 Å². The van der Waals surface area contributed by atoms with E-state index in [1.807, 2.05) is 13.0 Å². The van der Waals surface area contributed by atoms with E-state index in [1.54, 1.807) is 28.8 Å². The molecule has 0 saturated carbocycles. The second-order valence-electron chi connectivity index (χ2n) is 4.83. The molecule has 0 spiro atoms. The van der Waals surface area contributed by atoms with E-state index in [9.17, 15) is 4.39 Å². The Hall–Kier alpha value is -1.56. The average molecular weight is 368 g/mol. The van der Waals surface area contributed by atoms with Crippen molar-refractivity contribution in [2.45, 2.75) is 17.8 Å². The van der Waals surface area contributed by atoms with Crippen LogP contribution in [0.1, 0.15) is 11.4 Å². The van der Waals surface area contributed by atoms with E-state index in [4.69, 9.17) is 23.2 Å². The van der Waals surface area contributed by atoms with Crippen LogP contribution in [0.4, 0.5) is 4.39 Å². The van der Waals surface area contributed by atoms with Gasteiger partial charge in [0.2, 0.25) is 0 Å². The van der Waals surface area contributed by atoms with Gasteiger partial charge in [0.1, 0.15) is 11.6 Å². The van der Waals surface area contributed by atoms with Crippen molar-refractivity contribution in [1.82, 2.24) is 14.8 Å². The highest BCUT2D eigenvalue weighted by Crippen LogP contribution is 2.32. The molecule has 0 radical (unpaired) electrons. The summed E-state index contributed by atoms with van der Waals surface area (Å²) in [7, 11) is 0. The van der Waals surface area contributed by atoms with Crippen molar-refractivity contribution in [2.24, 2.45) is 0 Å². The van der Waals surface area contributed by atoms with Crippen LogP contribution in [0, 0.1) is 12.7 Å². The first-order valence-electron chi connectivity index (χ1n) is 6.80. The summed E-state index contributed by atoms with van der Waals surface area (Å²) in [4.78, 5) is 0. The Bertz CT molecular complexity index is 831. The van der Waals surface area contributed by atoms with Gasteiger partial charge in [-0.2, -0.15) is 0 Å². The van der Waals surface area contributed by atoms with Crippen LogP contribution in [0.3, 0.4) is 0 Å². The van der Waals surface area contributed by atoms with Crippen molar-refractivity contribution in [3.05, 3.63) is 69.7 Å². The van der Waals surface area contributed by atoms with Crippen LogP contribution in [0.15, 0.2) is 47.6 Å². The highest BCUT2D eigenvalue weighted by atomic mass is 35.5. The Kier molecular flexibility index (Phi) is 4.90. The zero-order valence-corrected chi connectivity index (χ0v) is 14.5. The van der Waals surface area contributed by atoms with E-state index in [0.717, 1.165) is 5.56 Å². The molecule has 3 aromatic rings. The molecule has 7 heteroatoms. The molecule has 3 rings (SSSR count). The van der Waals surface area contributed by atoms with Gasteiger partial charge in [-0.25, -0.2) is 4.39 Å². The fourth-order valence-corrected chi connectivity index (χ4v) is 3.90. The molecule has 0 N–H and O–H groups in total. The number of aryl methyl sites for hydroxylation is 1. The average Bonchev–Trinajstić information content (AvgIpc) is 2.88. The number of halogens is 3. The first-order chi connectivity index (χ1) is 11.1. The molecule has 23 heavy (non-hydrogen) atoms. The monoisotopic (exact) mass is 367 g/mol. The minimum atomic E-state index is -0.305. The van der Waals surface area contributed by atoms with Gasteiger partial charge in [0.15, 0.2) is 5.16 Å². The van der Waals surface area contributed by atoms with E-state index in [-0.39, 0.29) is 5.82 Å². The molecule has 2 aromatic carbocycles. The van der Waals surface area contributed by atoms with Gasteiger partial charge in [-0.3, -0.25) is 4.57 Å². The number of thioether (sulfide) groups is 1. The van der Waals surface area contributed by atoms with Gasteiger partial charge >= 0.3 is 0 Å². The SMILES string of the molecule is Cc1nnc(SCc2c(Cl)cccc2Cl)n1-c1cccc(F)c1. The fourth-order valence-electron chi connectivity index (χ4n) is 2.16. The maximum atomic E-state index is 13.5. The van der Waals surface area contributed by atoms with Crippen molar-refractivity contribution >= 4 is 35.0 Å². The summed E-state index contributed by atoms with van der Waals surface area (Å²) in [5.41, 5.74) is 1.52. The minimum absolute atomic E-state index is 0.305. The second-order valence-corrected chi connectivity index (χ2v) is 6.59. The molecule has 0 atom stereocenters. The standard InChI is InChI=1S/C16H12Cl2FN3S/c1-10-20-21-16(22(10)12-5-2-4-11(19)8-12)23-9-13-14(17)6-3-7-15(13)18/h2-8H,9H2,1H3. The van der Waals surface area contributed by atoms with Crippen LogP contribution in [0.5, 0.6) is 0 Å². The smallest absolute Gasteiger partial charge is 0.196 e. The normalized spacial score (nSPS) is 11.0. The molecule has 0 aliphatic carbocycles. The number of hydrogen-bond acceptors (Lipinski definition) is 3. The van der Waals surface area contributed by atoms with Crippen LogP contribution in [-0.2, 0) is 5.75 Å². The number of rotatable bonds is 4. The molecule has 3 nitrogen and oxygen atoms in total. The molecule has 1 aromatic heterocycles. The first-order valence-corrected chi connectivity index (χ1v) is 8.54. The number of nitrogens with zero attached hydrogens (tertiary/aromatic N) is 3. The Morgan fingerprint density at radius 2 is 1.78 bits per heavy atom. The van der Waals surface area contributed by atoms with E-state index >= 15 is 0 Å². The second kappa shape index (κ2) is 6.91. The predicted octanol–water partition coefficient (Wildman–Crippen LogP) is 5.31. The van der Waals surface area contributed by atoms with Crippen LogP contribution in [-0.4, -0.2) is 14.8 Å². The van der Waals surface area contributed by atoms with Crippen molar-refractivity contribution in [3.63, 3.8) is 0 Å². The van der Waals surface area contributed by atoms with Gasteiger partial charge in [-0.1, -0.05) is 47.1 Å². The number of benzene rings is 2. The molecule has 0 aliphatic heterocycles. The van der Waals surface area contributed by atoms with Crippen LogP contribution in [0.25, 0.3) is 5.69 Å². The Morgan fingerprint density at radius 1 is 1.09 bits per heavy atom. The lowest BCUT2D eigenvalue weighted by Crippen LogP contribution is -2.00. The molecule has 118 valence electrons. The largest absolute Gasteiger partial charge is 0.274 e. The summed E-state index contributed by atoms with van der Waals surface area (Å²) in [6, 6.07) is 11.7. The summed E-state index contributed by atoms with van der Waals surface area (Å²) >= 11 is 13.8. The van der Waals surface area contributed by atoms with Gasteiger partial charge < -0.3 is 0 Å². The van der Waals surface area contributed by atoms with E-state index in [1.165, 1.54) is 23.9 Å². The van der Waals surface area contributed by atoms with Crippen molar-refractivity contribution in [3.8, 4) is 5.69 Å². The zero-order chi connectivity index (χ0) is 16.4. The topological polar surface area (TPSA) is 30.7 Å². The molecule has 0 aliphatic rings. The maximum Gasteiger partial charge on any atom is 0.196 e. The molecule has 0 saturated heterocycles. The maximum absolute atomic E-state index is 13.5. The van der Waals surface area contributed by atoms with Crippen LogP contribution in [0.2, 0.25) is 10.0 Å². The first kappa shape index (κ1) is 16.3. The lowest BCUT2D eigenvalue weighted by Gasteiger charge is -2.09. The molecule has 0 fully saturated rings. The van der Waals surface area contributed by atoms with Gasteiger partial charge in [-0.15, -0.1) is 10.2 Å². The Balaban J connectivity index is 1.90. The molecular formula is C16H12Cl2FN3S. The minimum Gasteiger partial charge on any atom is -0.274 e. The number of hydrogen-bond donors (Lipinski definition) is 0. The highest BCUT2D eigenvalue weighted by molar-refractivity contribution is 7.98. The molecule has 1 heterocycles. The lowest BCUT2D eigenvalue weighted by atomic mass is 10.2. The number of aromatic nitrogens is 3. The van der Waals surface area contributed by atoms with Gasteiger partial charge in [0.05, 0.1) is 5.69 Å². The van der Waals surface area contributed by atoms with Crippen LogP contribution >= 0.6 is 35.0 Å². The Labute approximate surface area is 147 Å². The third-order valence-corrected chi connectivity index (χ3v) is 4.93. The molecular weight excluding hydrogens is 356 g/mol. The van der Waals surface area contributed by atoms with Crippen LogP contribution < -0.4 is 0 Å². The summed E-state index contributed by atoms with van der Waals surface area (Å²) in [6.45, 7) is 1.82. The van der Waals surface area contributed by atoms with Crippen molar-refractivity contribution in [1.29, 1.82) is 0 Å². The lowest BCUT2D eigenvalue weighted by molar-refractivity contribution is 0.625. The quantitative estimate of drug-likeness (QED) is 0.585. The predicted molar refractivity (Wildman–Crippen MR) is 92.1 cm³/mol. The third kappa shape index (κ3) is 3.52. The third-order valence-electron chi connectivity index (χ3n) is 3.27. The molecule has 0 bridgehead atoms. The summed E-state index contributed by atoms with van der Waals surface area (Å²) in [5, 5.41) is 10.1. The summed E-state index contributed by atoms with van der Waals surface area (Å²) in [5.74, 6) is 0.926. The van der Waals surface area contributed by atoms with Crippen molar-refractivity contribution in [2.75, 3.05) is 0 Å². The zero-order valence-electron chi connectivity index (χ0n) is 12.1. The highest BCUT2D eigenvalue weighted by Gasteiger charge is 2.14. The fraction of sp³-hybridized carbons (Fsp3) is 0.125. The van der Waals surface area contributed by atoms with Gasteiger partial charge in [-0.05, 0) is 42.8 Å². The summed E-state index contributed by atoms with van der Waals surface area (Å²) in [6.07, 6.45) is 0. The summed E-state index contributed by atoms with van der Waals surface area (Å²) < 4.78 is 15.3. The molecule has 0 unspecified atom stereocenters. The van der Waals surface area contributed by atoms with E-state index < -0.39 is 0 Å². The van der Waals surface area contributed by atoms with Gasteiger partial charge in [0.25, 0.3) is 0 Å². The Morgan fingerprint density at radius 3 is 2.48 bits per heavy atom. The van der Waals surface area contributed by atoms with Crippen molar-refractivity contribution < 1.29 is 4.39 Å².